The van der Waals surface area contributed by atoms with E-state index in [1.54, 1.807) is 27.2 Å². The van der Waals surface area contributed by atoms with E-state index in [4.69, 9.17) is 0 Å². The highest BCUT2D eigenvalue weighted by Crippen LogP contribution is 2.29. The molecule has 1 fully saturated rings. The number of carbonyl (C=O) groups excluding carboxylic acids is 2. The van der Waals surface area contributed by atoms with Crippen molar-refractivity contribution < 1.29 is 9.59 Å². The van der Waals surface area contributed by atoms with Gasteiger partial charge in [0.2, 0.25) is 5.91 Å². The van der Waals surface area contributed by atoms with Crippen molar-refractivity contribution in [1.82, 2.24) is 20.2 Å². The highest BCUT2D eigenvalue weighted by Gasteiger charge is 2.29. The van der Waals surface area contributed by atoms with Gasteiger partial charge in [0, 0.05) is 38.3 Å². The van der Waals surface area contributed by atoms with Crippen LogP contribution in [0.3, 0.4) is 0 Å². The zero-order valence-corrected chi connectivity index (χ0v) is 14.7. The Morgan fingerprint density at radius 2 is 1.88 bits per heavy atom. The van der Waals surface area contributed by atoms with Gasteiger partial charge < -0.3 is 10.2 Å². The fourth-order valence-corrected chi connectivity index (χ4v) is 2.55. The molecular weight excluding hydrogens is 316 g/mol. The van der Waals surface area contributed by atoms with Gasteiger partial charge in [-0.2, -0.15) is 0 Å². The third kappa shape index (κ3) is 4.02. The van der Waals surface area contributed by atoms with Crippen LogP contribution in [0.25, 0.3) is 11.3 Å². The number of aryl methyl sites for hydroxylation is 1. The van der Waals surface area contributed by atoms with E-state index in [-0.39, 0.29) is 17.7 Å². The van der Waals surface area contributed by atoms with Crippen molar-refractivity contribution in [3.63, 3.8) is 0 Å². The van der Waals surface area contributed by atoms with Crippen LogP contribution in [0.5, 0.6) is 0 Å². The molecule has 3 rings (SSSR count). The van der Waals surface area contributed by atoms with Crippen molar-refractivity contribution in [2.24, 2.45) is 5.92 Å². The summed E-state index contributed by atoms with van der Waals surface area (Å²) in [5, 5.41) is 2.95. The third-order valence-electron chi connectivity index (χ3n) is 4.19. The third-order valence-corrected chi connectivity index (χ3v) is 4.19. The van der Waals surface area contributed by atoms with Crippen molar-refractivity contribution in [3.05, 3.63) is 47.4 Å². The zero-order chi connectivity index (χ0) is 18.0. The Bertz CT molecular complexity index is 796. The van der Waals surface area contributed by atoms with Gasteiger partial charge in [-0.3, -0.25) is 9.59 Å². The van der Waals surface area contributed by atoms with Crippen LogP contribution in [-0.4, -0.2) is 40.8 Å². The molecule has 0 saturated heterocycles. The average Bonchev–Trinajstić information content (AvgIpc) is 3.44. The molecule has 0 spiro atoms. The summed E-state index contributed by atoms with van der Waals surface area (Å²) in [6.45, 7) is 2.32. The number of carbonyl (C=O) groups is 2. The van der Waals surface area contributed by atoms with Gasteiger partial charge in [-0.05, 0) is 25.3 Å². The molecule has 1 aromatic carbocycles. The molecule has 1 aromatic heterocycles. The van der Waals surface area contributed by atoms with Crippen molar-refractivity contribution >= 4 is 11.8 Å². The second-order valence-corrected chi connectivity index (χ2v) is 6.57. The SMILES string of the molecule is Cc1ncc(C(=O)N(C)C)c(-c2ccc(CNC(=O)C3CC3)cc2)n1. The largest absolute Gasteiger partial charge is 0.352 e. The molecule has 6 nitrogen and oxygen atoms in total. The molecule has 2 aromatic rings. The summed E-state index contributed by atoms with van der Waals surface area (Å²) < 4.78 is 0. The minimum Gasteiger partial charge on any atom is -0.352 e. The Labute approximate surface area is 147 Å². The molecule has 1 aliphatic carbocycles. The van der Waals surface area contributed by atoms with Gasteiger partial charge in [0.05, 0.1) is 11.3 Å². The number of nitrogens with zero attached hydrogens (tertiary/aromatic N) is 3. The number of amides is 2. The molecule has 1 heterocycles. The van der Waals surface area contributed by atoms with Crippen molar-refractivity contribution in [2.75, 3.05) is 14.1 Å². The minimum absolute atomic E-state index is 0.129. The number of hydrogen-bond acceptors (Lipinski definition) is 4. The Balaban J connectivity index is 1.80. The molecule has 0 bridgehead atoms. The summed E-state index contributed by atoms with van der Waals surface area (Å²) in [4.78, 5) is 34.2. The quantitative estimate of drug-likeness (QED) is 0.907. The van der Waals surface area contributed by atoms with Gasteiger partial charge in [0.25, 0.3) is 5.91 Å². The first-order chi connectivity index (χ1) is 12.0. The maximum absolute atomic E-state index is 12.4. The van der Waals surface area contributed by atoms with Gasteiger partial charge in [-0.15, -0.1) is 0 Å². The molecular formula is C19H22N4O2. The smallest absolute Gasteiger partial charge is 0.257 e. The molecule has 0 radical (unpaired) electrons. The lowest BCUT2D eigenvalue weighted by Gasteiger charge is -2.14. The number of aromatic nitrogens is 2. The van der Waals surface area contributed by atoms with Gasteiger partial charge in [0.15, 0.2) is 0 Å². The zero-order valence-electron chi connectivity index (χ0n) is 14.7. The summed E-state index contributed by atoms with van der Waals surface area (Å²) >= 11 is 0. The summed E-state index contributed by atoms with van der Waals surface area (Å²) in [6.07, 6.45) is 3.57. The summed E-state index contributed by atoms with van der Waals surface area (Å²) in [5.74, 6) is 0.832. The summed E-state index contributed by atoms with van der Waals surface area (Å²) in [7, 11) is 3.41. The van der Waals surface area contributed by atoms with Gasteiger partial charge in [-0.25, -0.2) is 9.97 Å². The van der Waals surface area contributed by atoms with E-state index in [1.807, 2.05) is 24.3 Å². The predicted octanol–water partition coefficient (Wildman–Crippen LogP) is 2.18. The van der Waals surface area contributed by atoms with E-state index in [9.17, 15) is 9.59 Å². The van der Waals surface area contributed by atoms with Crippen LogP contribution >= 0.6 is 0 Å². The van der Waals surface area contributed by atoms with Gasteiger partial charge in [-0.1, -0.05) is 24.3 Å². The molecule has 1 aliphatic rings. The molecule has 0 unspecified atom stereocenters. The van der Waals surface area contributed by atoms with Crippen LogP contribution in [0.15, 0.2) is 30.5 Å². The van der Waals surface area contributed by atoms with Crippen LogP contribution < -0.4 is 5.32 Å². The fourth-order valence-electron chi connectivity index (χ4n) is 2.55. The number of nitrogens with one attached hydrogen (secondary N) is 1. The van der Waals surface area contributed by atoms with Crippen molar-refractivity contribution in [2.45, 2.75) is 26.3 Å². The van der Waals surface area contributed by atoms with Crippen LogP contribution in [0.1, 0.15) is 34.6 Å². The topological polar surface area (TPSA) is 75.2 Å². The van der Waals surface area contributed by atoms with E-state index in [2.05, 4.69) is 15.3 Å². The maximum atomic E-state index is 12.4. The second kappa shape index (κ2) is 7.01. The van der Waals surface area contributed by atoms with E-state index >= 15 is 0 Å². The number of rotatable bonds is 5. The molecule has 1 N–H and O–H groups in total. The Kier molecular flexibility index (Phi) is 4.79. The highest BCUT2D eigenvalue weighted by atomic mass is 16.2. The van der Waals surface area contributed by atoms with E-state index < -0.39 is 0 Å². The summed E-state index contributed by atoms with van der Waals surface area (Å²) in [5.41, 5.74) is 2.97. The molecule has 2 amide bonds. The molecule has 25 heavy (non-hydrogen) atoms. The molecule has 6 heteroatoms. The van der Waals surface area contributed by atoms with E-state index in [1.165, 1.54) is 4.90 Å². The second-order valence-electron chi connectivity index (χ2n) is 6.57. The average molecular weight is 338 g/mol. The predicted molar refractivity (Wildman–Crippen MR) is 94.8 cm³/mol. The van der Waals surface area contributed by atoms with Gasteiger partial charge in [0.1, 0.15) is 5.82 Å². The Morgan fingerprint density at radius 1 is 1.20 bits per heavy atom. The van der Waals surface area contributed by atoms with Crippen molar-refractivity contribution in [1.29, 1.82) is 0 Å². The summed E-state index contributed by atoms with van der Waals surface area (Å²) in [6, 6.07) is 7.74. The van der Waals surface area contributed by atoms with E-state index in [0.29, 0.717) is 23.6 Å². The fraction of sp³-hybridized carbons (Fsp3) is 0.368. The van der Waals surface area contributed by atoms with Gasteiger partial charge >= 0.3 is 0 Å². The lowest BCUT2D eigenvalue weighted by atomic mass is 10.0. The van der Waals surface area contributed by atoms with Crippen LogP contribution in [0.2, 0.25) is 0 Å². The Morgan fingerprint density at radius 3 is 2.48 bits per heavy atom. The first-order valence-electron chi connectivity index (χ1n) is 8.38. The first-order valence-corrected chi connectivity index (χ1v) is 8.38. The number of benzene rings is 1. The molecule has 0 atom stereocenters. The minimum atomic E-state index is -0.129. The van der Waals surface area contributed by atoms with Crippen LogP contribution in [0, 0.1) is 12.8 Å². The maximum Gasteiger partial charge on any atom is 0.257 e. The first kappa shape index (κ1) is 17.1. The number of hydrogen-bond donors (Lipinski definition) is 1. The normalized spacial score (nSPS) is 13.4. The Hall–Kier alpha value is -2.76. The lowest BCUT2D eigenvalue weighted by Crippen LogP contribution is -2.24. The highest BCUT2D eigenvalue weighted by molar-refractivity contribution is 5.99. The standard InChI is InChI=1S/C19H22N4O2/c1-12-20-11-16(19(25)23(2)3)17(22-12)14-6-4-13(5-7-14)10-21-18(24)15-8-9-15/h4-7,11,15H,8-10H2,1-3H3,(H,21,24). The molecule has 1 saturated carbocycles. The lowest BCUT2D eigenvalue weighted by molar-refractivity contribution is -0.122. The monoisotopic (exact) mass is 338 g/mol. The van der Waals surface area contributed by atoms with E-state index in [0.717, 1.165) is 24.0 Å². The molecule has 0 aliphatic heterocycles. The van der Waals surface area contributed by atoms with Crippen molar-refractivity contribution in [3.8, 4) is 11.3 Å². The molecule has 130 valence electrons. The van der Waals surface area contributed by atoms with Crippen LogP contribution in [0.4, 0.5) is 0 Å². The van der Waals surface area contributed by atoms with Crippen LogP contribution in [-0.2, 0) is 11.3 Å².